The van der Waals surface area contributed by atoms with Crippen molar-refractivity contribution < 1.29 is 19.1 Å². The molecule has 6 heteroatoms. The number of carbonyl (C=O) groups excluding carboxylic acids is 2. The number of methoxy groups -OCH3 is 1. The van der Waals surface area contributed by atoms with E-state index in [9.17, 15) is 9.59 Å². The molecule has 0 atom stereocenters. The van der Waals surface area contributed by atoms with E-state index in [4.69, 9.17) is 15.2 Å². The zero-order valence-electron chi connectivity index (χ0n) is 11.4. The van der Waals surface area contributed by atoms with Gasteiger partial charge in [0.1, 0.15) is 0 Å². The van der Waals surface area contributed by atoms with Crippen LogP contribution in [0.4, 0.5) is 5.69 Å². The van der Waals surface area contributed by atoms with Crippen molar-refractivity contribution in [2.24, 2.45) is 5.73 Å². The lowest BCUT2D eigenvalue weighted by Gasteiger charge is -2.17. The first-order valence-corrected chi connectivity index (χ1v) is 6.43. The van der Waals surface area contributed by atoms with Crippen LogP contribution in [0.1, 0.15) is 15.9 Å². The SMILES string of the molecule is COCCOCCN1C(=O)Cc2cc(C(N)=O)ccc21. The molecule has 2 amide bonds. The van der Waals surface area contributed by atoms with Gasteiger partial charge in [0.05, 0.1) is 26.2 Å². The van der Waals surface area contributed by atoms with Crippen LogP contribution in [0, 0.1) is 0 Å². The molecule has 0 saturated heterocycles. The van der Waals surface area contributed by atoms with Crippen molar-refractivity contribution in [3.8, 4) is 0 Å². The van der Waals surface area contributed by atoms with Crippen LogP contribution in [0.3, 0.4) is 0 Å². The standard InChI is InChI=1S/C14H18N2O4/c1-19-6-7-20-5-4-16-12-3-2-10(14(15)18)8-11(12)9-13(16)17/h2-3,8H,4-7,9H2,1H3,(H2,15,18). The average Bonchev–Trinajstić information content (AvgIpc) is 2.73. The number of rotatable bonds is 7. The van der Waals surface area contributed by atoms with E-state index in [1.807, 2.05) is 0 Å². The van der Waals surface area contributed by atoms with Gasteiger partial charge in [-0.3, -0.25) is 9.59 Å². The number of nitrogens with zero attached hydrogens (tertiary/aromatic N) is 1. The van der Waals surface area contributed by atoms with E-state index >= 15 is 0 Å². The summed E-state index contributed by atoms with van der Waals surface area (Å²) in [6, 6.07) is 5.08. The van der Waals surface area contributed by atoms with Crippen molar-refractivity contribution in [1.82, 2.24) is 0 Å². The van der Waals surface area contributed by atoms with Crippen LogP contribution in [-0.4, -0.2) is 45.3 Å². The van der Waals surface area contributed by atoms with Crippen molar-refractivity contribution in [2.45, 2.75) is 6.42 Å². The lowest BCUT2D eigenvalue weighted by Crippen LogP contribution is -2.30. The first kappa shape index (κ1) is 14.5. The number of fused-ring (bicyclic) bond motifs is 1. The summed E-state index contributed by atoms with van der Waals surface area (Å²) in [7, 11) is 1.61. The molecular weight excluding hydrogens is 260 g/mol. The molecule has 1 aromatic carbocycles. The van der Waals surface area contributed by atoms with Crippen LogP contribution < -0.4 is 10.6 Å². The molecule has 6 nitrogen and oxygen atoms in total. The van der Waals surface area contributed by atoms with Crippen molar-refractivity contribution >= 4 is 17.5 Å². The number of amides is 2. The maximum absolute atomic E-state index is 12.0. The van der Waals surface area contributed by atoms with Crippen LogP contribution >= 0.6 is 0 Å². The molecule has 0 spiro atoms. The predicted molar refractivity (Wildman–Crippen MR) is 73.7 cm³/mol. The number of anilines is 1. The van der Waals surface area contributed by atoms with Gasteiger partial charge in [-0.15, -0.1) is 0 Å². The van der Waals surface area contributed by atoms with Gasteiger partial charge in [-0.25, -0.2) is 0 Å². The second-order valence-corrected chi connectivity index (χ2v) is 4.54. The van der Waals surface area contributed by atoms with E-state index in [1.165, 1.54) is 0 Å². The average molecular weight is 278 g/mol. The maximum Gasteiger partial charge on any atom is 0.248 e. The molecule has 0 bridgehead atoms. The fraction of sp³-hybridized carbons (Fsp3) is 0.429. The summed E-state index contributed by atoms with van der Waals surface area (Å²) in [5, 5.41) is 0. The molecule has 0 fully saturated rings. The van der Waals surface area contributed by atoms with E-state index in [0.717, 1.165) is 11.3 Å². The Labute approximate surface area is 117 Å². The molecule has 0 aliphatic carbocycles. The molecule has 0 unspecified atom stereocenters. The molecule has 1 aromatic rings. The summed E-state index contributed by atoms with van der Waals surface area (Å²) in [6.07, 6.45) is 0.300. The molecule has 20 heavy (non-hydrogen) atoms. The predicted octanol–water partition coefficient (Wildman–Crippen LogP) is 0.338. The molecule has 1 aliphatic heterocycles. The lowest BCUT2D eigenvalue weighted by atomic mass is 10.1. The smallest absolute Gasteiger partial charge is 0.248 e. The Morgan fingerprint density at radius 3 is 2.85 bits per heavy atom. The summed E-state index contributed by atoms with van der Waals surface area (Å²) in [5.41, 5.74) is 7.33. The molecular formula is C14H18N2O4. The number of carbonyl (C=O) groups is 2. The summed E-state index contributed by atoms with van der Waals surface area (Å²) in [6.45, 7) is 1.98. The van der Waals surface area contributed by atoms with E-state index in [2.05, 4.69) is 0 Å². The van der Waals surface area contributed by atoms with Crippen LogP contribution in [0.5, 0.6) is 0 Å². The van der Waals surface area contributed by atoms with Gasteiger partial charge >= 0.3 is 0 Å². The van der Waals surface area contributed by atoms with Crippen molar-refractivity contribution in [2.75, 3.05) is 38.4 Å². The first-order valence-electron chi connectivity index (χ1n) is 6.43. The van der Waals surface area contributed by atoms with Crippen LogP contribution in [0.15, 0.2) is 18.2 Å². The minimum atomic E-state index is -0.485. The number of primary amides is 1. The molecule has 108 valence electrons. The van der Waals surface area contributed by atoms with Gasteiger partial charge in [0.15, 0.2) is 0 Å². The topological polar surface area (TPSA) is 81.9 Å². The minimum Gasteiger partial charge on any atom is -0.382 e. The van der Waals surface area contributed by atoms with Gasteiger partial charge in [0, 0.05) is 24.9 Å². The Kier molecular flexibility index (Phi) is 4.70. The maximum atomic E-state index is 12.0. The van der Waals surface area contributed by atoms with E-state index in [-0.39, 0.29) is 5.91 Å². The van der Waals surface area contributed by atoms with Gasteiger partial charge in [0.25, 0.3) is 0 Å². The number of hydrogen-bond donors (Lipinski definition) is 1. The van der Waals surface area contributed by atoms with Crippen molar-refractivity contribution in [1.29, 1.82) is 0 Å². The fourth-order valence-corrected chi connectivity index (χ4v) is 2.18. The third kappa shape index (κ3) is 3.15. The zero-order valence-corrected chi connectivity index (χ0v) is 11.4. The van der Waals surface area contributed by atoms with Crippen LogP contribution in [0.25, 0.3) is 0 Å². The van der Waals surface area contributed by atoms with Crippen molar-refractivity contribution in [3.63, 3.8) is 0 Å². The Hall–Kier alpha value is -1.92. The highest BCUT2D eigenvalue weighted by Gasteiger charge is 2.27. The molecule has 0 radical (unpaired) electrons. The summed E-state index contributed by atoms with van der Waals surface area (Å²) >= 11 is 0. The molecule has 2 N–H and O–H groups in total. The monoisotopic (exact) mass is 278 g/mol. The fourth-order valence-electron chi connectivity index (χ4n) is 2.18. The van der Waals surface area contributed by atoms with Gasteiger partial charge in [-0.2, -0.15) is 0 Å². The van der Waals surface area contributed by atoms with Crippen LogP contribution in [0.2, 0.25) is 0 Å². The quantitative estimate of drug-likeness (QED) is 0.729. The highest BCUT2D eigenvalue weighted by atomic mass is 16.5. The van der Waals surface area contributed by atoms with Gasteiger partial charge in [-0.05, 0) is 23.8 Å². The Morgan fingerprint density at radius 1 is 1.35 bits per heavy atom. The summed E-state index contributed by atoms with van der Waals surface area (Å²) in [4.78, 5) is 24.8. The molecule has 1 aliphatic rings. The van der Waals surface area contributed by atoms with Crippen LogP contribution in [-0.2, 0) is 20.7 Å². The van der Waals surface area contributed by atoms with Gasteiger partial charge < -0.3 is 20.1 Å². The van der Waals surface area contributed by atoms with Crippen molar-refractivity contribution in [3.05, 3.63) is 29.3 Å². The summed E-state index contributed by atoms with van der Waals surface area (Å²) < 4.78 is 10.2. The molecule has 2 rings (SSSR count). The largest absolute Gasteiger partial charge is 0.382 e. The number of hydrogen-bond acceptors (Lipinski definition) is 4. The molecule has 1 heterocycles. The first-order chi connectivity index (χ1) is 9.63. The summed E-state index contributed by atoms with van der Waals surface area (Å²) in [5.74, 6) is -0.474. The Bertz CT molecular complexity index is 516. The number of nitrogens with two attached hydrogens (primary N) is 1. The Morgan fingerprint density at radius 2 is 2.15 bits per heavy atom. The highest BCUT2D eigenvalue weighted by molar-refractivity contribution is 6.03. The molecule has 0 aromatic heterocycles. The second kappa shape index (κ2) is 6.49. The minimum absolute atomic E-state index is 0.0111. The van der Waals surface area contributed by atoms with E-state index < -0.39 is 5.91 Å². The van der Waals surface area contributed by atoms with Gasteiger partial charge in [-0.1, -0.05) is 0 Å². The van der Waals surface area contributed by atoms with E-state index in [1.54, 1.807) is 30.2 Å². The second-order valence-electron chi connectivity index (χ2n) is 4.54. The number of benzene rings is 1. The molecule has 0 saturated carbocycles. The zero-order chi connectivity index (χ0) is 14.5. The lowest BCUT2D eigenvalue weighted by molar-refractivity contribution is -0.117. The van der Waals surface area contributed by atoms with E-state index in [0.29, 0.717) is 38.3 Å². The third-order valence-corrected chi connectivity index (χ3v) is 3.19. The van der Waals surface area contributed by atoms with Gasteiger partial charge in [0.2, 0.25) is 11.8 Å². The Balaban J connectivity index is 1.99. The highest BCUT2D eigenvalue weighted by Crippen LogP contribution is 2.29. The normalized spacial score (nSPS) is 13.7. The third-order valence-electron chi connectivity index (χ3n) is 3.19. The number of ether oxygens (including phenoxy) is 2.